The van der Waals surface area contributed by atoms with Gasteiger partial charge in [0.15, 0.2) is 5.60 Å². The number of likely N-dealkylation sites (N-methyl/N-ethyl adjacent to an activating group) is 1. The summed E-state index contributed by atoms with van der Waals surface area (Å²) in [6.45, 7) is 4.67. The van der Waals surface area contributed by atoms with Gasteiger partial charge in [0.1, 0.15) is 0 Å². The predicted molar refractivity (Wildman–Crippen MR) is 71.5 cm³/mol. The van der Waals surface area contributed by atoms with Crippen molar-refractivity contribution in [2.45, 2.75) is 19.1 Å². The van der Waals surface area contributed by atoms with E-state index in [0.717, 1.165) is 18.8 Å². The highest BCUT2D eigenvalue weighted by atomic mass is 16.5. The van der Waals surface area contributed by atoms with Crippen LogP contribution < -0.4 is 0 Å². The number of morpholine rings is 1. The maximum Gasteiger partial charge on any atom is 0.255 e. The Kier molecular flexibility index (Phi) is 3.91. The standard InChI is InChI=1S/C13H22N4O2/c1-13(12(18)15(2)3)9-17(5-6-19-13)8-11-7-14-10-16(11)4/h7,10H,5-6,8-9H2,1-4H3/t13-/m0/s1. The summed E-state index contributed by atoms with van der Waals surface area (Å²) in [5.41, 5.74) is 0.391. The summed E-state index contributed by atoms with van der Waals surface area (Å²) in [5.74, 6) is 0.0159. The highest BCUT2D eigenvalue weighted by molar-refractivity contribution is 5.84. The van der Waals surface area contributed by atoms with Crippen LogP contribution in [0.25, 0.3) is 0 Å². The summed E-state index contributed by atoms with van der Waals surface area (Å²) >= 11 is 0. The van der Waals surface area contributed by atoms with Crippen LogP contribution in [-0.2, 0) is 23.1 Å². The minimum absolute atomic E-state index is 0.0159. The molecule has 1 fully saturated rings. The van der Waals surface area contributed by atoms with Crippen LogP contribution in [-0.4, -0.2) is 64.7 Å². The van der Waals surface area contributed by atoms with Gasteiger partial charge >= 0.3 is 0 Å². The van der Waals surface area contributed by atoms with Crippen LogP contribution in [0.1, 0.15) is 12.6 Å². The molecule has 0 saturated carbocycles. The summed E-state index contributed by atoms with van der Waals surface area (Å²) < 4.78 is 7.71. The van der Waals surface area contributed by atoms with Gasteiger partial charge in [0.25, 0.3) is 5.91 Å². The normalized spacial score (nSPS) is 24.4. The van der Waals surface area contributed by atoms with Gasteiger partial charge in [0.2, 0.25) is 0 Å². The summed E-state index contributed by atoms with van der Waals surface area (Å²) in [5, 5.41) is 0. The molecule has 106 valence electrons. The van der Waals surface area contributed by atoms with E-state index >= 15 is 0 Å². The number of nitrogens with zero attached hydrogens (tertiary/aromatic N) is 4. The lowest BCUT2D eigenvalue weighted by molar-refractivity contribution is -0.165. The van der Waals surface area contributed by atoms with Crippen molar-refractivity contribution < 1.29 is 9.53 Å². The number of hydrogen-bond acceptors (Lipinski definition) is 4. The number of aromatic nitrogens is 2. The highest BCUT2D eigenvalue weighted by Crippen LogP contribution is 2.21. The quantitative estimate of drug-likeness (QED) is 0.778. The third kappa shape index (κ3) is 2.96. The average Bonchev–Trinajstić information content (AvgIpc) is 2.74. The molecule has 0 aliphatic carbocycles. The first-order valence-corrected chi connectivity index (χ1v) is 6.45. The number of ether oxygens (including phenoxy) is 1. The zero-order valence-corrected chi connectivity index (χ0v) is 12.1. The minimum Gasteiger partial charge on any atom is -0.363 e. The third-order valence-corrected chi connectivity index (χ3v) is 3.51. The molecule has 0 aromatic carbocycles. The van der Waals surface area contributed by atoms with Crippen LogP contribution in [0.3, 0.4) is 0 Å². The van der Waals surface area contributed by atoms with Crippen molar-refractivity contribution in [2.75, 3.05) is 33.8 Å². The van der Waals surface area contributed by atoms with Crippen molar-refractivity contribution in [3.8, 4) is 0 Å². The van der Waals surface area contributed by atoms with E-state index in [1.807, 2.05) is 24.7 Å². The largest absolute Gasteiger partial charge is 0.363 e. The fourth-order valence-corrected chi connectivity index (χ4v) is 2.45. The molecule has 1 amide bonds. The molecule has 1 aliphatic rings. The van der Waals surface area contributed by atoms with E-state index in [1.54, 1.807) is 25.3 Å². The number of hydrogen-bond donors (Lipinski definition) is 0. The molecular weight excluding hydrogens is 244 g/mol. The second kappa shape index (κ2) is 5.30. The van der Waals surface area contributed by atoms with Crippen molar-refractivity contribution in [3.05, 3.63) is 18.2 Å². The molecular formula is C13H22N4O2. The van der Waals surface area contributed by atoms with E-state index < -0.39 is 5.60 Å². The van der Waals surface area contributed by atoms with Crippen molar-refractivity contribution in [3.63, 3.8) is 0 Å². The van der Waals surface area contributed by atoms with Crippen molar-refractivity contribution in [1.82, 2.24) is 19.4 Å². The number of rotatable bonds is 3. The van der Waals surface area contributed by atoms with E-state index in [9.17, 15) is 4.79 Å². The van der Waals surface area contributed by atoms with Gasteiger partial charge in [0.05, 0.1) is 18.6 Å². The van der Waals surface area contributed by atoms with Crippen molar-refractivity contribution in [2.24, 2.45) is 7.05 Å². The summed E-state index contributed by atoms with van der Waals surface area (Å²) in [6.07, 6.45) is 3.65. The van der Waals surface area contributed by atoms with Crippen LogP contribution in [0.5, 0.6) is 0 Å². The molecule has 1 atom stereocenters. The van der Waals surface area contributed by atoms with Gasteiger partial charge in [-0.05, 0) is 6.92 Å². The molecule has 0 radical (unpaired) electrons. The van der Waals surface area contributed by atoms with Crippen LogP contribution >= 0.6 is 0 Å². The van der Waals surface area contributed by atoms with E-state index in [4.69, 9.17) is 4.74 Å². The fraction of sp³-hybridized carbons (Fsp3) is 0.692. The average molecular weight is 266 g/mol. The zero-order valence-electron chi connectivity index (χ0n) is 12.1. The number of amides is 1. The maximum absolute atomic E-state index is 12.2. The van der Waals surface area contributed by atoms with Gasteiger partial charge in [-0.3, -0.25) is 9.69 Å². The Morgan fingerprint density at radius 3 is 2.89 bits per heavy atom. The Hall–Kier alpha value is -1.40. The fourth-order valence-electron chi connectivity index (χ4n) is 2.45. The lowest BCUT2D eigenvalue weighted by Crippen LogP contribution is -2.57. The Bertz CT molecular complexity index is 457. The topological polar surface area (TPSA) is 50.6 Å². The summed E-state index contributed by atoms with van der Waals surface area (Å²) in [4.78, 5) is 20.1. The van der Waals surface area contributed by atoms with Gasteiger partial charge < -0.3 is 14.2 Å². The Morgan fingerprint density at radius 2 is 2.32 bits per heavy atom. The molecule has 2 heterocycles. The monoisotopic (exact) mass is 266 g/mol. The first-order chi connectivity index (χ1) is 8.92. The van der Waals surface area contributed by atoms with Crippen molar-refractivity contribution >= 4 is 5.91 Å². The van der Waals surface area contributed by atoms with Gasteiger partial charge in [0, 0.05) is 47.0 Å². The van der Waals surface area contributed by atoms with Crippen LogP contribution in [0.15, 0.2) is 12.5 Å². The van der Waals surface area contributed by atoms with Gasteiger partial charge in [-0.15, -0.1) is 0 Å². The van der Waals surface area contributed by atoms with Gasteiger partial charge in [-0.2, -0.15) is 0 Å². The number of carbonyl (C=O) groups excluding carboxylic acids is 1. The van der Waals surface area contributed by atoms with Crippen molar-refractivity contribution in [1.29, 1.82) is 0 Å². The predicted octanol–water partition coefficient (Wildman–Crippen LogP) is 0.0992. The van der Waals surface area contributed by atoms with Gasteiger partial charge in [-0.1, -0.05) is 0 Å². The molecule has 6 heteroatoms. The lowest BCUT2D eigenvalue weighted by Gasteiger charge is -2.40. The molecule has 0 spiro atoms. The molecule has 0 N–H and O–H groups in total. The second-order valence-electron chi connectivity index (χ2n) is 5.49. The van der Waals surface area contributed by atoms with E-state index in [2.05, 4.69) is 9.88 Å². The van der Waals surface area contributed by atoms with E-state index in [0.29, 0.717) is 13.2 Å². The van der Waals surface area contributed by atoms with E-state index in [1.165, 1.54) is 0 Å². The molecule has 2 rings (SSSR count). The first kappa shape index (κ1) is 14.0. The van der Waals surface area contributed by atoms with E-state index in [-0.39, 0.29) is 5.91 Å². The molecule has 19 heavy (non-hydrogen) atoms. The molecule has 0 unspecified atom stereocenters. The van der Waals surface area contributed by atoms with Crippen LogP contribution in [0, 0.1) is 0 Å². The molecule has 1 saturated heterocycles. The Labute approximate surface area is 114 Å². The SMILES string of the molecule is CN(C)C(=O)[C@]1(C)CN(Cc2cncn2C)CCO1. The first-order valence-electron chi connectivity index (χ1n) is 6.45. The molecule has 1 aromatic rings. The van der Waals surface area contributed by atoms with Gasteiger partial charge in [-0.25, -0.2) is 4.98 Å². The Morgan fingerprint density at radius 1 is 1.58 bits per heavy atom. The van der Waals surface area contributed by atoms with Crippen LogP contribution in [0.2, 0.25) is 0 Å². The maximum atomic E-state index is 12.2. The summed E-state index contributed by atoms with van der Waals surface area (Å²) in [6, 6.07) is 0. The third-order valence-electron chi connectivity index (χ3n) is 3.51. The molecule has 1 aromatic heterocycles. The summed E-state index contributed by atoms with van der Waals surface area (Å²) in [7, 11) is 5.50. The molecule has 1 aliphatic heterocycles. The molecule has 6 nitrogen and oxygen atoms in total. The number of carbonyl (C=O) groups is 1. The molecule has 0 bridgehead atoms. The Balaban J connectivity index is 2.05. The zero-order chi connectivity index (χ0) is 14.0. The lowest BCUT2D eigenvalue weighted by atomic mass is 10.0. The second-order valence-corrected chi connectivity index (χ2v) is 5.49. The minimum atomic E-state index is -0.750. The number of aryl methyl sites for hydroxylation is 1. The van der Waals surface area contributed by atoms with Crippen LogP contribution in [0.4, 0.5) is 0 Å². The number of imidazole rings is 1. The smallest absolute Gasteiger partial charge is 0.255 e. The highest BCUT2D eigenvalue weighted by Gasteiger charge is 2.40.